The van der Waals surface area contributed by atoms with Gasteiger partial charge in [-0.25, -0.2) is 0 Å². The van der Waals surface area contributed by atoms with Crippen LogP contribution in [0.1, 0.15) is 69.4 Å². The highest BCUT2D eigenvalue weighted by atomic mass is 16.5. The van der Waals surface area contributed by atoms with Crippen molar-refractivity contribution in [1.82, 2.24) is 0 Å². The summed E-state index contributed by atoms with van der Waals surface area (Å²) in [6.45, 7) is 7.16. The maximum absolute atomic E-state index is 5.88. The van der Waals surface area contributed by atoms with E-state index in [1.807, 2.05) is 13.0 Å². The molecule has 0 saturated carbocycles. The Morgan fingerprint density at radius 1 is 0.850 bits per heavy atom. The van der Waals surface area contributed by atoms with Gasteiger partial charge in [-0.1, -0.05) is 51.9 Å². The van der Waals surface area contributed by atoms with Crippen LogP contribution in [0.25, 0.3) is 0 Å². The van der Waals surface area contributed by atoms with E-state index in [-0.39, 0.29) is 0 Å². The lowest BCUT2D eigenvalue weighted by molar-refractivity contribution is 0.302. The summed E-state index contributed by atoms with van der Waals surface area (Å²) in [6.07, 6.45) is 10.7. The SMILES string of the molecule is CCCCCCCCCCOc1cc(C)c(N)cc1C. The fourth-order valence-electron chi connectivity index (χ4n) is 2.39. The van der Waals surface area contributed by atoms with E-state index < -0.39 is 0 Å². The van der Waals surface area contributed by atoms with Gasteiger partial charge in [-0.15, -0.1) is 0 Å². The number of hydrogen-bond acceptors (Lipinski definition) is 2. The molecule has 0 saturated heterocycles. The van der Waals surface area contributed by atoms with Crippen LogP contribution in [0.4, 0.5) is 5.69 Å². The van der Waals surface area contributed by atoms with Crippen LogP contribution in [0.15, 0.2) is 12.1 Å². The van der Waals surface area contributed by atoms with Crippen molar-refractivity contribution in [3.05, 3.63) is 23.3 Å². The molecule has 2 nitrogen and oxygen atoms in total. The first-order chi connectivity index (χ1) is 9.65. The number of aryl methyl sites for hydroxylation is 2. The Hall–Kier alpha value is -1.18. The summed E-state index contributed by atoms with van der Waals surface area (Å²) in [6, 6.07) is 4.05. The summed E-state index contributed by atoms with van der Waals surface area (Å²) >= 11 is 0. The molecule has 0 heterocycles. The Balaban J connectivity index is 2.11. The molecular weight excluding hydrogens is 246 g/mol. The molecule has 2 N–H and O–H groups in total. The van der Waals surface area contributed by atoms with E-state index in [1.165, 1.54) is 44.9 Å². The van der Waals surface area contributed by atoms with Crippen molar-refractivity contribution in [2.24, 2.45) is 0 Å². The highest BCUT2D eigenvalue weighted by molar-refractivity contribution is 5.53. The Morgan fingerprint density at radius 2 is 1.45 bits per heavy atom. The molecular formula is C18H31NO. The van der Waals surface area contributed by atoms with E-state index in [1.54, 1.807) is 0 Å². The van der Waals surface area contributed by atoms with Crippen LogP contribution in [0, 0.1) is 13.8 Å². The summed E-state index contributed by atoms with van der Waals surface area (Å²) in [7, 11) is 0. The van der Waals surface area contributed by atoms with Gasteiger partial charge in [0.25, 0.3) is 0 Å². The third-order valence-corrected chi connectivity index (χ3v) is 3.82. The highest BCUT2D eigenvalue weighted by Gasteiger charge is 2.03. The predicted octanol–water partition coefficient (Wildman–Crippen LogP) is 5.41. The molecule has 0 aliphatic carbocycles. The van der Waals surface area contributed by atoms with Crippen molar-refractivity contribution in [2.75, 3.05) is 12.3 Å². The number of rotatable bonds is 10. The van der Waals surface area contributed by atoms with Gasteiger partial charge in [-0.05, 0) is 43.5 Å². The zero-order valence-corrected chi connectivity index (χ0v) is 13.5. The summed E-state index contributed by atoms with van der Waals surface area (Å²) < 4.78 is 5.86. The monoisotopic (exact) mass is 277 g/mol. The number of benzene rings is 1. The molecule has 0 aliphatic heterocycles. The molecule has 0 unspecified atom stereocenters. The quantitative estimate of drug-likeness (QED) is 0.458. The van der Waals surface area contributed by atoms with Crippen LogP contribution in [-0.2, 0) is 0 Å². The zero-order chi connectivity index (χ0) is 14.8. The van der Waals surface area contributed by atoms with Gasteiger partial charge in [-0.2, -0.15) is 0 Å². The molecule has 0 amide bonds. The summed E-state index contributed by atoms with van der Waals surface area (Å²) in [5.41, 5.74) is 8.96. The van der Waals surface area contributed by atoms with Gasteiger partial charge in [0.15, 0.2) is 0 Å². The molecule has 114 valence electrons. The predicted molar refractivity (Wildman–Crippen MR) is 88.4 cm³/mol. The standard InChI is InChI=1S/C18H31NO/c1-4-5-6-7-8-9-10-11-12-20-18-14-15(2)17(19)13-16(18)3/h13-14H,4-12,19H2,1-3H3. The average molecular weight is 277 g/mol. The van der Waals surface area contributed by atoms with E-state index >= 15 is 0 Å². The van der Waals surface area contributed by atoms with Crippen LogP contribution >= 0.6 is 0 Å². The smallest absolute Gasteiger partial charge is 0.122 e. The second-order valence-electron chi connectivity index (χ2n) is 5.80. The van der Waals surface area contributed by atoms with Crippen LogP contribution in [-0.4, -0.2) is 6.61 Å². The molecule has 0 spiro atoms. The van der Waals surface area contributed by atoms with Gasteiger partial charge in [0, 0.05) is 5.69 Å². The fraction of sp³-hybridized carbons (Fsp3) is 0.667. The van der Waals surface area contributed by atoms with Gasteiger partial charge < -0.3 is 10.5 Å². The van der Waals surface area contributed by atoms with E-state index in [9.17, 15) is 0 Å². The van der Waals surface area contributed by atoms with E-state index in [4.69, 9.17) is 10.5 Å². The lowest BCUT2D eigenvalue weighted by atomic mass is 10.1. The lowest BCUT2D eigenvalue weighted by Crippen LogP contribution is -2.00. The molecule has 0 aromatic heterocycles. The second kappa shape index (κ2) is 9.68. The number of ether oxygens (including phenoxy) is 1. The molecule has 2 heteroatoms. The van der Waals surface area contributed by atoms with Crippen LogP contribution in [0.5, 0.6) is 5.75 Å². The normalized spacial score (nSPS) is 10.8. The van der Waals surface area contributed by atoms with Crippen molar-refractivity contribution in [3.63, 3.8) is 0 Å². The Kier molecular flexibility index (Phi) is 8.17. The fourth-order valence-corrected chi connectivity index (χ4v) is 2.39. The number of unbranched alkanes of at least 4 members (excludes halogenated alkanes) is 7. The minimum atomic E-state index is 0.819. The third kappa shape index (κ3) is 6.31. The van der Waals surface area contributed by atoms with Crippen LogP contribution in [0.3, 0.4) is 0 Å². The molecule has 1 rings (SSSR count). The first-order valence-corrected chi connectivity index (χ1v) is 8.14. The van der Waals surface area contributed by atoms with Crippen molar-refractivity contribution in [2.45, 2.75) is 72.1 Å². The maximum atomic E-state index is 5.88. The molecule has 0 atom stereocenters. The third-order valence-electron chi connectivity index (χ3n) is 3.82. The van der Waals surface area contributed by atoms with Gasteiger partial charge in [-0.3, -0.25) is 0 Å². The maximum Gasteiger partial charge on any atom is 0.122 e. The molecule has 1 aromatic carbocycles. The molecule has 0 radical (unpaired) electrons. The van der Waals surface area contributed by atoms with Gasteiger partial charge >= 0.3 is 0 Å². The van der Waals surface area contributed by atoms with Gasteiger partial charge in [0.1, 0.15) is 5.75 Å². The molecule has 0 bridgehead atoms. The number of anilines is 1. The van der Waals surface area contributed by atoms with Crippen LogP contribution < -0.4 is 10.5 Å². The van der Waals surface area contributed by atoms with E-state index in [0.29, 0.717) is 0 Å². The largest absolute Gasteiger partial charge is 0.493 e. The van der Waals surface area contributed by atoms with Crippen molar-refractivity contribution >= 4 is 5.69 Å². The second-order valence-corrected chi connectivity index (χ2v) is 5.80. The molecule has 20 heavy (non-hydrogen) atoms. The minimum Gasteiger partial charge on any atom is -0.493 e. The van der Waals surface area contributed by atoms with E-state index in [2.05, 4.69) is 19.9 Å². The first kappa shape index (κ1) is 16.9. The Labute approximate surface area is 124 Å². The Morgan fingerprint density at radius 3 is 2.10 bits per heavy atom. The topological polar surface area (TPSA) is 35.2 Å². The minimum absolute atomic E-state index is 0.819. The lowest BCUT2D eigenvalue weighted by Gasteiger charge is -2.11. The average Bonchev–Trinajstić information content (AvgIpc) is 2.42. The summed E-state index contributed by atoms with van der Waals surface area (Å²) in [5, 5.41) is 0. The van der Waals surface area contributed by atoms with Crippen molar-refractivity contribution < 1.29 is 4.74 Å². The number of nitrogens with two attached hydrogens (primary N) is 1. The number of nitrogen functional groups attached to an aromatic ring is 1. The Bertz CT molecular complexity index is 387. The first-order valence-electron chi connectivity index (χ1n) is 8.14. The number of hydrogen-bond donors (Lipinski definition) is 1. The summed E-state index contributed by atoms with van der Waals surface area (Å²) in [5.74, 6) is 0.986. The van der Waals surface area contributed by atoms with Crippen molar-refractivity contribution in [1.29, 1.82) is 0 Å². The van der Waals surface area contributed by atoms with Gasteiger partial charge in [0.2, 0.25) is 0 Å². The van der Waals surface area contributed by atoms with Gasteiger partial charge in [0.05, 0.1) is 6.61 Å². The van der Waals surface area contributed by atoms with Crippen molar-refractivity contribution in [3.8, 4) is 5.75 Å². The van der Waals surface area contributed by atoms with E-state index in [0.717, 1.165) is 35.6 Å². The zero-order valence-electron chi connectivity index (χ0n) is 13.5. The molecule has 1 aromatic rings. The highest BCUT2D eigenvalue weighted by Crippen LogP contribution is 2.24. The molecule has 0 fully saturated rings. The summed E-state index contributed by atoms with van der Waals surface area (Å²) in [4.78, 5) is 0. The molecule has 0 aliphatic rings. The van der Waals surface area contributed by atoms with Crippen LogP contribution in [0.2, 0.25) is 0 Å².